The molecule has 0 saturated heterocycles. The van der Waals surface area contributed by atoms with Crippen LogP contribution in [0.4, 0.5) is 0 Å². The van der Waals surface area contributed by atoms with E-state index in [1.54, 1.807) is 0 Å². The van der Waals surface area contributed by atoms with Gasteiger partial charge in [-0.25, -0.2) is 0 Å². The highest BCUT2D eigenvalue weighted by atomic mass is 16.1. The molecule has 0 heterocycles. The quantitative estimate of drug-likeness (QED) is 0.225. The van der Waals surface area contributed by atoms with E-state index in [1.807, 2.05) is 12.2 Å². The van der Waals surface area contributed by atoms with Gasteiger partial charge in [-0.3, -0.25) is 9.59 Å². The second kappa shape index (κ2) is 11.1. The van der Waals surface area contributed by atoms with Gasteiger partial charge in [-0.05, 0) is 90.7 Å². The molecule has 6 unspecified atom stereocenters. The SMILES string of the molecule is C=CCCC(=C)C(=C)C(CCC=C)CC(=O)C1C(C(=O)C(N)C2Cc3ccccc3C2)CC2C1C2(C)C. The van der Waals surface area contributed by atoms with Crippen LogP contribution in [0.25, 0.3) is 0 Å². The van der Waals surface area contributed by atoms with Crippen LogP contribution in [0.3, 0.4) is 0 Å². The summed E-state index contributed by atoms with van der Waals surface area (Å²) in [6, 6.07) is 7.88. The van der Waals surface area contributed by atoms with Gasteiger partial charge in [0.25, 0.3) is 0 Å². The molecule has 3 aliphatic rings. The summed E-state index contributed by atoms with van der Waals surface area (Å²) in [6.07, 6.45) is 10.00. The molecule has 6 atom stereocenters. The van der Waals surface area contributed by atoms with Gasteiger partial charge in [-0.1, -0.05) is 69.0 Å². The topological polar surface area (TPSA) is 60.2 Å². The predicted octanol–water partition coefficient (Wildman–Crippen LogP) is 6.83. The number of nitrogens with two attached hydrogens (primary N) is 1. The monoisotopic (exact) mass is 499 g/mol. The Bertz CT molecular complexity index is 1070. The molecule has 2 N–H and O–H groups in total. The van der Waals surface area contributed by atoms with E-state index >= 15 is 0 Å². The second-order valence-corrected chi connectivity index (χ2v) is 12.4. The number of ketones is 2. The van der Waals surface area contributed by atoms with Crippen LogP contribution < -0.4 is 5.73 Å². The van der Waals surface area contributed by atoms with Crippen molar-refractivity contribution in [1.29, 1.82) is 0 Å². The molecule has 0 amide bonds. The lowest BCUT2D eigenvalue weighted by Gasteiger charge is -2.30. The molecular weight excluding hydrogens is 454 g/mol. The molecule has 2 fully saturated rings. The molecule has 198 valence electrons. The maximum Gasteiger partial charge on any atom is 0.153 e. The van der Waals surface area contributed by atoms with Gasteiger partial charge in [-0.15, -0.1) is 13.2 Å². The van der Waals surface area contributed by atoms with Crippen molar-refractivity contribution in [3.05, 3.63) is 85.0 Å². The summed E-state index contributed by atoms with van der Waals surface area (Å²) < 4.78 is 0. The average Bonchev–Trinajstić information content (AvgIpc) is 3.27. The van der Waals surface area contributed by atoms with Gasteiger partial charge in [0, 0.05) is 18.3 Å². The molecule has 0 aliphatic heterocycles. The number of rotatable bonds is 14. The minimum Gasteiger partial charge on any atom is -0.321 e. The molecule has 1 aromatic carbocycles. The zero-order valence-corrected chi connectivity index (χ0v) is 22.9. The van der Waals surface area contributed by atoms with Gasteiger partial charge in [0.2, 0.25) is 0 Å². The molecule has 3 aliphatic carbocycles. The number of carbonyl (C=O) groups excluding carboxylic acids is 2. The van der Waals surface area contributed by atoms with Crippen LogP contribution in [-0.2, 0) is 22.4 Å². The van der Waals surface area contributed by atoms with Crippen molar-refractivity contribution >= 4 is 11.6 Å². The summed E-state index contributed by atoms with van der Waals surface area (Å²) >= 11 is 0. The zero-order valence-electron chi connectivity index (χ0n) is 22.9. The van der Waals surface area contributed by atoms with E-state index in [1.165, 1.54) is 11.1 Å². The van der Waals surface area contributed by atoms with Crippen LogP contribution in [0.1, 0.15) is 63.5 Å². The summed E-state index contributed by atoms with van der Waals surface area (Å²) in [6.45, 7) is 20.8. The Balaban J connectivity index is 1.49. The minimum absolute atomic E-state index is 0.0254. The predicted molar refractivity (Wildman–Crippen MR) is 153 cm³/mol. The first kappa shape index (κ1) is 27.5. The van der Waals surface area contributed by atoms with E-state index in [4.69, 9.17) is 5.73 Å². The van der Waals surface area contributed by atoms with Crippen molar-refractivity contribution in [3.63, 3.8) is 0 Å². The summed E-state index contributed by atoms with van der Waals surface area (Å²) in [5.74, 6) is 0.687. The highest BCUT2D eigenvalue weighted by molar-refractivity contribution is 5.94. The highest BCUT2D eigenvalue weighted by Crippen LogP contribution is 2.71. The normalized spacial score (nSPS) is 27.0. The molecule has 0 bridgehead atoms. The van der Waals surface area contributed by atoms with Crippen LogP contribution in [-0.4, -0.2) is 17.6 Å². The number of Topliss-reactive ketones (excluding diaryl/α,β-unsaturated/α-hetero) is 2. The van der Waals surface area contributed by atoms with Gasteiger partial charge in [0.15, 0.2) is 5.78 Å². The van der Waals surface area contributed by atoms with Crippen molar-refractivity contribution in [3.8, 4) is 0 Å². The molecule has 3 nitrogen and oxygen atoms in total. The first-order valence-electron chi connectivity index (χ1n) is 14.1. The zero-order chi connectivity index (χ0) is 26.9. The third-order valence-electron chi connectivity index (χ3n) is 9.89. The molecule has 0 spiro atoms. The molecular formula is C34H45NO2. The molecule has 1 aromatic rings. The van der Waals surface area contributed by atoms with E-state index < -0.39 is 6.04 Å². The lowest BCUT2D eigenvalue weighted by molar-refractivity contribution is -0.134. The average molecular weight is 500 g/mol. The Kier molecular flexibility index (Phi) is 8.23. The van der Waals surface area contributed by atoms with E-state index in [0.29, 0.717) is 12.3 Å². The Labute approximate surface area is 224 Å². The second-order valence-electron chi connectivity index (χ2n) is 12.4. The van der Waals surface area contributed by atoms with Crippen molar-refractivity contribution in [2.45, 2.75) is 71.3 Å². The van der Waals surface area contributed by atoms with Gasteiger partial charge in [-0.2, -0.15) is 0 Å². The van der Waals surface area contributed by atoms with Crippen LogP contribution in [0.15, 0.2) is 73.9 Å². The van der Waals surface area contributed by atoms with E-state index in [-0.39, 0.29) is 46.6 Å². The standard InChI is InChI=1S/C34H45NO2/c1-7-9-13-21(3)22(4)23(14-10-8-2)19-29(36)30-27(20-28-31(30)34(28,5)6)33(37)32(35)26-17-24-15-11-12-16-25(24)18-26/h7-8,11-12,15-16,23,26-28,30-32H,1-4,9-10,13-14,17-20,35H2,5-6H3. The molecule has 4 rings (SSSR count). The molecule has 3 heteroatoms. The third-order valence-corrected chi connectivity index (χ3v) is 9.89. The van der Waals surface area contributed by atoms with Crippen LogP contribution in [0.2, 0.25) is 0 Å². The summed E-state index contributed by atoms with van der Waals surface area (Å²) in [4.78, 5) is 27.9. The maximum absolute atomic E-state index is 14.0. The maximum atomic E-state index is 14.0. The summed E-state index contributed by atoms with van der Waals surface area (Å²) in [5, 5.41) is 0. The van der Waals surface area contributed by atoms with Crippen LogP contribution in [0.5, 0.6) is 0 Å². The first-order chi connectivity index (χ1) is 17.6. The molecule has 0 radical (unpaired) electrons. The van der Waals surface area contributed by atoms with Gasteiger partial charge >= 0.3 is 0 Å². The van der Waals surface area contributed by atoms with Gasteiger partial charge in [0.05, 0.1) is 6.04 Å². The number of hydrogen-bond acceptors (Lipinski definition) is 3. The summed E-state index contributed by atoms with van der Waals surface area (Å²) in [7, 11) is 0. The number of benzene rings is 1. The summed E-state index contributed by atoms with van der Waals surface area (Å²) in [5.41, 5.74) is 11.4. The highest BCUT2D eigenvalue weighted by Gasteiger charge is 2.69. The van der Waals surface area contributed by atoms with Gasteiger partial charge < -0.3 is 5.73 Å². The third kappa shape index (κ3) is 5.39. The van der Waals surface area contributed by atoms with E-state index in [9.17, 15) is 9.59 Å². The number of carbonyl (C=O) groups is 2. The fraction of sp³-hybridized carbons (Fsp3) is 0.529. The lowest BCUT2D eigenvalue weighted by atomic mass is 9.73. The van der Waals surface area contributed by atoms with Crippen molar-refractivity contribution in [2.75, 3.05) is 0 Å². The largest absolute Gasteiger partial charge is 0.321 e. The fourth-order valence-corrected chi connectivity index (χ4v) is 7.49. The lowest BCUT2D eigenvalue weighted by Crippen LogP contribution is -2.45. The number of hydrogen-bond donors (Lipinski definition) is 1. The Hall–Kier alpha value is -2.52. The Morgan fingerprint density at radius 3 is 2.30 bits per heavy atom. The number of fused-ring (bicyclic) bond motifs is 2. The number of allylic oxidation sites excluding steroid dienone is 4. The van der Waals surface area contributed by atoms with Crippen LogP contribution in [0, 0.1) is 40.9 Å². The van der Waals surface area contributed by atoms with Crippen molar-refractivity contribution < 1.29 is 9.59 Å². The fourth-order valence-electron chi connectivity index (χ4n) is 7.49. The molecule has 37 heavy (non-hydrogen) atoms. The minimum atomic E-state index is -0.515. The van der Waals surface area contributed by atoms with E-state index in [0.717, 1.165) is 56.1 Å². The van der Waals surface area contributed by atoms with Crippen molar-refractivity contribution in [2.24, 2.45) is 46.7 Å². The first-order valence-corrected chi connectivity index (χ1v) is 14.1. The Morgan fingerprint density at radius 1 is 1.08 bits per heavy atom. The smallest absolute Gasteiger partial charge is 0.153 e. The van der Waals surface area contributed by atoms with Gasteiger partial charge in [0.1, 0.15) is 5.78 Å². The molecule has 0 aromatic heterocycles. The Morgan fingerprint density at radius 2 is 1.70 bits per heavy atom. The van der Waals surface area contributed by atoms with E-state index in [2.05, 4.69) is 64.4 Å². The molecule has 2 saturated carbocycles. The van der Waals surface area contributed by atoms with Crippen molar-refractivity contribution in [1.82, 2.24) is 0 Å². The van der Waals surface area contributed by atoms with Crippen LogP contribution >= 0.6 is 0 Å².